The standard InChI is InChI=1S/C8H14O/c1-7(2)6-8(3)4-5-9-8/h1,4-6H2,2-3H3. The first kappa shape index (κ1) is 6.81. The van der Waals surface area contributed by atoms with Crippen LogP contribution >= 0.6 is 0 Å². The average molecular weight is 126 g/mol. The van der Waals surface area contributed by atoms with E-state index < -0.39 is 0 Å². The Bertz CT molecular complexity index is 123. The summed E-state index contributed by atoms with van der Waals surface area (Å²) in [5.41, 5.74) is 1.36. The zero-order valence-electron chi connectivity index (χ0n) is 6.24. The highest BCUT2D eigenvalue weighted by Crippen LogP contribution is 2.31. The van der Waals surface area contributed by atoms with Crippen molar-refractivity contribution in [3.05, 3.63) is 12.2 Å². The van der Waals surface area contributed by atoms with Crippen molar-refractivity contribution in [1.29, 1.82) is 0 Å². The lowest BCUT2D eigenvalue weighted by atomic mass is 9.90. The van der Waals surface area contributed by atoms with Crippen LogP contribution in [0.4, 0.5) is 0 Å². The Morgan fingerprint density at radius 1 is 1.78 bits per heavy atom. The third-order valence-electron chi connectivity index (χ3n) is 1.76. The van der Waals surface area contributed by atoms with Crippen LogP contribution in [0.1, 0.15) is 26.7 Å². The average Bonchev–Trinajstić information content (AvgIpc) is 1.60. The molecule has 1 heteroatoms. The third kappa shape index (κ3) is 1.55. The van der Waals surface area contributed by atoms with Crippen molar-refractivity contribution in [3.8, 4) is 0 Å². The molecule has 1 aliphatic rings. The number of rotatable bonds is 2. The van der Waals surface area contributed by atoms with E-state index in [0.717, 1.165) is 13.0 Å². The molecule has 1 rings (SSSR count). The van der Waals surface area contributed by atoms with Gasteiger partial charge in [-0.2, -0.15) is 0 Å². The highest BCUT2D eigenvalue weighted by atomic mass is 16.5. The Balaban J connectivity index is 2.33. The summed E-state index contributed by atoms with van der Waals surface area (Å²) < 4.78 is 5.37. The second kappa shape index (κ2) is 2.14. The molecular weight excluding hydrogens is 112 g/mol. The van der Waals surface area contributed by atoms with Gasteiger partial charge >= 0.3 is 0 Å². The van der Waals surface area contributed by atoms with Gasteiger partial charge in [0.05, 0.1) is 12.2 Å². The lowest BCUT2D eigenvalue weighted by Gasteiger charge is -2.38. The largest absolute Gasteiger partial charge is 0.375 e. The molecule has 0 bridgehead atoms. The van der Waals surface area contributed by atoms with Crippen LogP contribution in [-0.4, -0.2) is 12.2 Å². The fourth-order valence-corrected chi connectivity index (χ4v) is 1.23. The van der Waals surface area contributed by atoms with Gasteiger partial charge in [0.25, 0.3) is 0 Å². The first-order valence-corrected chi connectivity index (χ1v) is 3.41. The maximum absolute atomic E-state index is 5.37. The summed E-state index contributed by atoms with van der Waals surface area (Å²) in [4.78, 5) is 0. The van der Waals surface area contributed by atoms with Gasteiger partial charge in [0, 0.05) is 0 Å². The molecule has 0 spiro atoms. The van der Waals surface area contributed by atoms with Crippen molar-refractivity contribution in [1.82, 2.24) is 0 Å². The Morgan fingerprint density at radius 3 is 2.44 bits per heavy atom. The summed E-state index contributed by atoms with van der Waals surface area (Å²) in [6, 6.07) is 0. The topological polar surface area (TPSA) is 9.23 Å². The molecule has 0 aromatic heterocycles. The Labute approximate surface area is 56.7 Å². The van der Waals surface area contributed by atoms with Gasteiger partial charge in [0.15, 0.2) is 0 Å². The zero-order chi connectivity index (χ0) is 6.91. The molecule has 0 aromatic carbocycles. The Kier molecular flexibility index (Phi) is 1.62. The molecule has 0 radical (unpaired) electrons. The molecule has 1 nitrogen and oxygen atoms in total. The molecule has 1 unspecified atom stereocenters. The Morgan fingerprint density at radius 2 is 2.33 bits per heavy atom. The molecule has 0 aliphatic carbocycles. The zero-order valence-corrected chi connectivity index (χ0v) is 6.24. The smallest absolute Gasteiger partial charge is 0.0713 e. The minimum absolute atomic E-state index is 0.145. The summed E-state index contributed by atoms with van der Waals surface area (Å²) in [5, 5.41) is 0. The molecule has 0 saturated carbocycles. The van der Waals surface area contributed by atoms with Crippen LogP contribution < -0.4 is 0 Å². The van der Waals surface area contributed by atoms with E-state index in [0.29, 0.717) is 0 Å². The van der Waals surface area contributed by atoms with Crippen molar-refractivity contribution in [2.24, 2.45) is 0 Å². The minimum Gasteiger partial charge on any atom is -0.375 e. The van der Waals surface area contributed by atoms with Gasteiger partial charge in [0.1, 0.15) is 0 Å². The van der Waals surface area contributed by atoms with E-state index in [1.165, 1.54) is 12.0 Å². The quantitative estimate of drug-likeness (QED) is 0.515. The summed E-state index contributed by atoms with van der Waals surface area (Å²) >= 11 is 0. The van der Waals surface area contributed by atoms with E-state index in [2.05, 4.69) is 13.5 Å². The molecule has 1 fully saturated rings. The second-order valence-corrected chi connectivity index (χ2v) is 3.18. The summed E-state index contributed by atoms with van der Waals surface area (Å²) in [7, 11) is 0. The van der Waals surface area contributed by atoms with Crippen molar-refractivity contribution < 1.29 is 4.74 Å². The van der Waals surface area contributed by atoms with Crippen molar-refractivity contribution >= 4 is 0 Å². The molecular formula is C8H14O. The normalized spacial score (nSPS) is 33.6. The molecule has 1 aliphatic heterocycles. The van der Waals surface area contributed by atoms with Crippen LogP contribution in [0.2, 0.25) is 0 Å². The van der Waals surface area contributed by atoms with Crippen LogP contribution in [0.5, 0.6) is 0 Å². The van der Waals surface area contributed by atoms with Gasteiger partial charge in [0.2, 0.25) is 0 Å². The number of ether oxygens (including phenoxy) is 1. The molecule has 52 valence electrons. The van der Waals surface area contributed by atoms with Crippen LogP contribution in [0.15, 0.2) is 12.2 Å². The SMILES string of the molecule is C=C(C)CC1(C)CCO1. The van der Waals surface area contributed by atoms with Crippen LogP contribution in [-0.2, 0) is 4.74 Å². The Hall–Kier alpha value is -0.300. The summed E-state index contributed by atoms with van der Waals surface area (Å²) in [6.07, 6.45) is 2.22. The van der Waals surface area contributed by atoms with Crippen LogP contribution in [0.3, 0.4) is 0 Å². The highest BCUT2D eigenvalue weighted by Gasteiger charge is 2.32. The van der Waals surface area contributed by atoms with Gasteiger partial charge in [-0.05, 0) is 26.7 Å². The van der Waals surface area contributed by atoms with E-state index in [9.17, 15) is 0 Å². The van der Waals surface area contributed by atoms with E-state index in [4.69, 9.17) is 4.74 Å². The monoisotopic (exact) mass is 126 g/mol. The lowest BCUT2D eigenvalue weighted by molar-refractivity contribution is -0.132. The predicted octanol–water partition coefficient (Wildman–Crippen LogP) is 2.13. The van der Waals surface area contributed by atoms with Gasteiger partial charge in [-0.1, -0.05) is 5.57 Å². The second-order valence-electron chi connectivity index (χ2n) is 3.18. The molecule has 0 N–H and O–H groups in total. The van der Waals surface area contributed by atoms with Crippen molar-refractivity contribution in [2.45, 2.75) is 32.3 Å². The van der Waals surface area contributed by atoms with Gasteiger partial charge in [-0.15, -0.1) is 6.58 Å². The minimum atomic E-state index is 0.145. The van der Waals surface area contributed by atoms with Crippen molar-refractivity contribution in [3.63, 3.8) is 0 Å². The van der Waals surface area contributed by atoms with Gasteiger partial charge in [-0.3, -0.25) is 0 Å². The van der Waals surface area contributed by atoms with E-state index in [1.807, 2.05) is 6.92 Å². The van der Waals surface area contributed by atoms with Gasteiger partial charge < -0.3 is 4.74 Å². The number of hydrogen-bond donors (Lipinski definition) is 0. The predicted molar refractivity (Wildman–Crippen MR) is 38.4 cm³/mol. The van der Waals surface area contributed by atoms with E-state index >= 15 is 0 Å². The molecule has 1 heterocycles. The van der Waals surface area contributed by atoms with Crippen LogP contribution in [0.25, 0.3) is 0 Å². The molecule has 9 heavy (non-hydrogen) atoms. The molecule has 0 amide bonds. The van der Waals surface area contributed by atoms with E-state index in [1.54, 1.807) is 0 Å². The highest BCUT2D eigenvalue weighted by molar-refractivity contribution is 4.99. The molecule has 0 aromatic rings. The summed E-state index contributed by atoms with van der Waals surface area (Å²) in [5.74, 6) is 0. The molecule has 1 saturated heterocycles. The maximum atomic E-state index is 5.37. The fraction of sp³-hybridized carbons (Fsp3) is 0.750. The third-order valence-corrected chi connectivity index (χ3v) is 1.76. The number of hydrogen-bond acceptors (Lipinski definition) is 1. The van der Waals surface area contributed by atoms with Crippen LogP contribution in [0, 0.1) is 0 Å². The van der Waals surface area contributed by atoms with Gasteiger partial charge in [-0.25, -0.2) is 0 Å². The van der Waals surface area contributed by atoms with E-state index in [-0.39, 0.29) is 5.60 Å². The lowest BCUT2D eigenvalue weighted by Crippen LogP contribution is -2.40. The fourth-order valence-electron chi connectivity index (χ4n) is 1.23. The molecule has 1 atom stereocenters. The first-order chi connectivity index (χ1) is 4.12. The van der Waals surface area contributed by atoms with Crippen molar-refractivity contribution in [2.75, 3.05) is 6.61 Å². The summed E-state index contributed by atoms with van der Waals surface area (Å²) in [6.45, 7) is 8.97. The maximum Gasteiger partial charge on any atom is 0.0713 e. The first-order valence-electron chi connectivity index (χ1n) is 3.41.